The molecule has 0 bridgehead atoms. The van der Waals surface area contributed by atoms with Crippen LogP contribution < -0.4 is 15.6 Å². The summed E-state index contributed by atoms with van der Waals surface area (Å²) in [5.41, 5.74) is 3.47. The van der Waals surface area contributed by atoms with Gasteiger partial charge in [-0.3, -0.25) is 14.7 Å². The molecule has 0 radical (unpaired) electrons. The molecule has 0 spiro atoms. The van der Waals surface area contributed by atoms with Gasteiger partial charge in [0.2, 0.25) is 5.56 Å². The van der Waals surface area contributed by atoms with Gasteiger partial charge in [0, 0.05) is 48.4 Å². The van der Waals surface area contributed by atoms with E-state index < -0.39 is 0 Å². The van der Waals surface area contributed by atoms with Crippen LogP contribution in [0.5, 0.6) is 5.75 Å². The number of aromatic nitrogens is 5. The third-order valence-electron chi connectivity index (χ3n) is 5.09. The highest BCUT2D eigenvalue weighted by Crippen LogP contribution is 2.30. The highest BCUT2D eigenvalue weighted by molar-refractivity contribution is 5.99. The fraction of sp³-hybridized carbons (Fsp3) is 0.261. The average molecular weight is 432 g/mol. The molecule has 0 aliphatic carbocycles. The van der Waals surface area contributed by atoms with E-state index in [1.54, 1.807) is 37.6 Å². The summed E-state index contributed by atoms with van der Waals surface area (Å²) in [4.78, 5) is 29.1. The number of hydrogen-bond acceptors (Lipinski definition) is 6. The molecule has 0 fully saturated rings. The second kappa shape index (κ2) is 9.42. The highest BCUT2D eigenvalue weighted by atomic mass is 16.5. The van der Waals surface area contributed by atoms with Gasteiger partial charge in [-0.2, -0.15) is 0 Å². The summed E-state index contributed by atoms with van der Waals surface area (Å²) in [6.45, 7) is 2.95. The molecule has 32 heavy (non-hydrogen) atoms. The van der Waals surface area contributed by atoms with Crippen molar-refractivity contribution in [3.63, 3.8) is 0 Å². The summed E-state index contributed by atoms with van der Waals surface area (Å²) in [5.74, 6) is 0.517. The Bertz CT molecular complexity index is 1300. The van der Waals surface area contributed by atoms with Gasteiger partial charge in [0.05, 0.1) is 29.7 Å². The van der Waals surface area contributed by atoms with Crippen molar-refractivity contribution >= 4 is 16.8 Å². The average Bonchev–Trinajstić information content (AvgIpc) is 3.31. The number of aryl methyl sites for hydroxylation is 2. The first-order valence-corrected chi connectivity index (χ1v) is 10.4. The molecule has 0 saturated heterocycles. The lowest BCUT2D eigenvalue weighted by Gasteiger charge is -2.12. The van der Waals surface area contributed by atoms with Gasteiger partial charge in [-0.1, -0.05) is 5.21 Å². The molecule has 0 unspecified atom stereocenters. The number of benzene rings is 1. The lowest BCUT2D eigenvalue weighted by Crippen LogP contribution is -2.24. The fourth-order valence-corrected chi connectivity index (χ4v) is 3.43. The molecule has 1 amide bonds. The molecule has 0 aliphatic rings. The maximum Gasteiger partial charge on any atom is 0.251 e. The number of hydrogen-bond donors (Lipinski definition) is 2. The van der Waals surface area contributed by atoms with Crippen molar-refractivity contribution in [2.45, 2.75) is 19.8 Å². The van der Waals surface area contributed by atoms with Crippen LogP contribution in [-0.4, -0.2) is 44.0 Å². The zero-order chi connectivity index (χ0) is 22.5. The van der Waals surface area contributed by atoms with Crippen LogP contribution in [0.15, 0.2) is 53.6 Å². The van der Waals surface area contributed by atoms with Crippen molar-refractivity contribution in [1.82, 2.24) is 30.3 Å². The first-order valence-electron chi connectivity index (χ1n) is 10.4. The number of fused-ring (bicyclic) bond motifs is 1. The number of carbonyl (C=O) groups is 1. The number of rotatable bonds is 8. The first-order chi connectivity index (χ1) is 15.5. The topological polar surface area (TPSA) is 115 Å². The third kappa shape index (κ3) is 4.66. The Morgan fingerprint density at radius 1 is 1.22 bits per heavy atom. The van der Waals surface area contributed by atoms with Crippen LogP contribution in [0.4, 0.5) is 0 Å². The largest absolute Gasteiger partial charge is 0.493 e. The van der Waals surface area contributed by atoms with E-state index in [2.05, 4.69) is 20.7 Å². The number of ether oxygens (including phenoxy) is 1. The summed E-state index contributed by atoms with van der Waals surface area (Å²) < 4.78 is 7.33. The van der Waals surface area contributed by atoms with Gasteiger partial charge in [-0.05, 0) is 44.0 Å². The molecule has 4 rings (SSSR count). The Morgan fingerprint density at radius 2 is 2.09 bits per heavy atom. The van der Waals surface area contributed by atoms with Gasteiger partial charge in [-0.15, -0.1) is 5.10 Å². The number of carbonyl (C=O) groups excluding carboxylic acids is 1. The molecule has 0 aliphatic heterocycles. The Labute approximate surface area is 184 Å². The van der Waals surface area contributed by atoms with E-state index in [4.69, 9.17) is 9.72 Å². The summed E-state index contributed by atoms with van der Waals surface area (Å²) in [5, 5.41) is 14.0. The van der Waals surface area contributed by atoms with Crippen molar-refractivity contribution < 1.29 is 9.53 Å². The normalized spacial score (nSPS) is 10.9. The Morgan fingerprint density at radius 3 is 2.84 bits per heavy atom. The van der Waals surface area contributed by atoms with Crippen LogP contribution in [0.3, 0.4) is 0 Å². The zero-order valence-electron chi connectivity index (χ0n) is 18.0. The molecule has 1 aromatic carbocycles. The van der Waals surface area contributed by atoms with Crippen LogP contribution in [0.25, 0.3) is 22.2 Å². The lowest BCUT2D eigenvalue weighted by atomic mass is 10.1. The minimum absolute atomic E-state index is 0.0951. The van der Waals surface area contributed by atoms with Gasteiger partial charge in [0.1, 0.15) is 5.75 Å². The predicted molar refractivity (Wildman–Crippen MR) is 121 cm³/mol. The monoisotopic (exact) mass is 432 g/mol. The van der Waals surface area contributed by atoms with Crippen LogP contribution >= 0.6 is 0 Å². The van der Waals surface area contributed by atoms with E-state index in [-0.39, 0.29) is 11.5 Å². The standard InChI is InChI=1S/C23H24N6O3/c1-3-32-21-12-19(16-7-9-22(30)29(2)14-16)26-20-11-15(6-8-18(20)21)23(31)24-10-4-5-17-13-25-28-27-17/h6-9,11-14H,3-5,10H2,1-2H3,(H,24,31)(H,25,27,28). The minimum Gasteiger partial charge on any atom is -0.493 e. The summed E-state index contributed by atoms with van der Waals surface area (Å²) in [6.07, 6.45) is 4.94. The number of H-pyrrole nitrogens is 1. The molecule has 164 valence electrons. The van der Waals surface area contributed by atoms with E-state index >= 15 is 0 Å². The Hall–Kier alpha value is -4.01. The van der Waals surface area contributed by atoms with Crippen molar-refractivity contribution in [3.05, 3.63) is 70.4 Å². The van der Waals surface area contributed by atoms with Crippen LogP contribution in [0, 0.1) is 0 Å². The van der Waals surface area contributed by atoms with Crippen LogP contribution in [0.2, 0.25) is 0 Å². The van der Waals surface area contributed by atoms with E-state index in [1.165, 1.54) is 10.6 Å². The van der Waals surface area contributed by atoms with E-state index in [9.17, 15) is 9.59 Å². The van der Waals surface area contributed by atoms with E-state index in [0.29, 0.717) is 35.7 Å². The molecule has 9 nitrogen and oxygen atoms in total. The fourth-order valence-electron chi connectivity index (χ4n) is 3.43. The van der Waals surface area contributed by atoms with Crippen molar-refractivity contribution in [2.24, 2.45) is 7.05 Å². The zero-order valence-corrected chi connectivity index (χ0v) is 18.0. The van der Waals surface area contributed by atoms with E-state index in [0.717, 1.165) is 29.5 Å². The second-order valence-corrected chi connectivity index (χ2v) is 7.38. The van der Waals surface area contributed by atoms with Crippen molar-refractivity contribution in [3.8, 4) is 17.0 Å². The maximum absolute atomic E-state index is 12.7. The third-order valence-corrected chi connectivity index (χ3v) is 5.09. The first kappa shape index (κ1) is 21.2. The van der Waals surface area contributed by atoms with Gasteiger partial charge < -0.3 is 14.6 Å². The van der Waals surface area contributed by atoms with Crippen molar-refractivity contribution in [2.75, 3.05) is 13.2 Å². The molecule has 0 atom stereocenters. The molecule has 4 aromatic rings. The summed E-state index contributed by atoms with van der Waals surface area (Å²) in [7, 11) is 1.70. The highest BCUT2D eigenvalue weighted by Gasteiger charge is 2.13. The number of aromatic amines is 1. The maximum atomic E-state index is 12.7. The molecule has 3 heterocycles. The quantitative estimate of drug-likeness (QED) is 0.414. The number of amides is 1. The Kier molecular flexibility index (Phi) is 6.25. The number of nitrogens with one attached hydrogen (secondary N) is 2. The van der Waals surface area contributed by atoms with Gasteiger partial charge in [0.25, 0.3) is 5.91 Å². The van der Waals surface area contributed by atoms with Gasteiger partial charge in [-0.25, -0.2) is 4.98 Å². The Balaban J connectivity index is 1.58. The number of pyridine rings is 2. The molecular formula is C23H24N6O3. The molecule has 3 aromatic heterocycles. The predicted octanol–water partition coefficient (Wildman–Crippen LogP) is 2.48. The second-order valence-electron chi connectivity index (χ2n) is 7.38. The van der Waals surface area contributed by atoms with Crippen LogP contribution in [0.1, 0.15) is 29.4 Å². The minimum atomic E-state index is -0.165. The van der Waals surface area contributed by atoms with Gasteiger partial charge in [0.15, 0.2) is 0 Å². The summed E-state index contributed by atoms with van der Waals surface area (Å²) >= 11 is 0. The van der Waals surface area contributed by atoms with Gasteiger partial charge >= 0.3 is 0 Å². The van der Waals surface area contributed by atoms with Crippen molar-refractivity contribution in [1.29, 1.82) is 0 Å². The van der Waals surface area contributed by atoms with Crippen LogP contribution in [-0.2, 0) is 13.5 Å². The molecule has 9 heteroatoms. The number of nitrogens with zero attached hydrogens (tertiary/aromatic N) is 4. The van der Waals surface area contributed by atoms with E-state index in [1.807, 2.05) is 19.1 Å². The summed E-state index contributed by atoms with van der Waals surface area (Å²) in [6, 6.07) is 10.5. The SMILES string of the molecule is CCOc1cc(-c2ccc(=O)n(C)c2)nc2cc(C(=O)NCCCc3cnn[nH]3)ccc12. The lowest BCUT2D eigenvalue weighted by molar-refractivity contribution is 0.0953. The molecule has 2 N–H and O–H groups in total. The smallest absolute Gasteiger partial charge is 0.251 e. The molecule has 0 saturated carbocycles. The molecular weight excluding hydrogens is 408 g/mol.